The van der Waals surface area contributed by atoms with Crippen molar-refractivity contribution in [1.82, 2.24) is 5.32 Å². The summed E-state index contributed by atoms with van der Waals surface area (Å²) in [5, 5.41) is 5.89. The highest BCUT2D eigenvalue weighted by molar-refractivity contribution is 7.80. The van der Waals surface area contributed by atoms with Crippen molar-refractivity contribution in [2.24, 2.45) is 5.73 Å². The predicted octanol–water partition coefficient (Wildman–Crippen LogP) is 1.09. The third-order valence-electron chi connectivity index (χ3n) is 2.81. The number of carbonyl (C=O) groups excluding carboxylic acids is 1. The highest BCUT2D eigenvalue weighted by Gasteiger charge is 2.06. The van der Waals surface area contributed by atoms with Gasteiger partial charge >= 0.3 is 0 Å². The maximum Gasteiger partial charge on any atom is 0.238 e. The number of nitrogens with one attached hydrogen (secondary N) is 2. The summed E-state index contributed by atoms with van der Waals surface area (Å²) in [5.74, 6) is 0.543. The molecule has 0 aromatic heterocycles. The van der Waals surface area contributed by atoms with Gasteiger partial charge < -0.3 is 16.4 Å². The van der Waals surface area contributed by atoms with Gasteiger partial charge in [0.2, 0.25) is 5.91 Å². The Kier molecular flexibility index (Phi) is 6.18. The van der Waals surface area contributed by atoms with Crippen LogP contribution in [0.1, 0.15) is 11.1 Å². The van der Waals surface area contributed by atoms with Gasteiger partial charge in [-0.2, -0.15) is 12.6 Å². The lowest BCUT2D eigenvalue weighted by atomic mass is 10.1. The summed E-state index contributed by atoms with van der Waals surface area (Å²) in [7, 11) is 0. The van der Waals surface area contributed by atoms with Crippen LogP contribution in [-0.2, 0) is 4.79 Å². The number of hydrogen-bond donors (Lipinski definition) is 4. The van der Waals surface area contributed by atoms with E-state index in [1.807, 2.05) is 32.0 Å². The quantitative estimate of drug-likeness (QED) is 0.583. The van der Waals surface area contributed by atoms with Gasteiger partial charge in [-0.15, -0.1) is 0 Å². The first kappa shape index (κ1) is 15.0. The maximum atomic E-state index is 11.7. The van der Waals surface area contributed by atoms with Gasteiger partial charge in [0.05, 0.1) is 6.54 Å². The minimum absolute atomic E-state index is 0.0261. The number of amides is 1. The van der Waals surface area contributed by atoms with Crippen LogP contribution in [0.5, 0.6) is 0 Å². The largest absolute Gasteiger partial charge is 0.326 e. The number of thiol groups is 1. The van der Waals surface area contributed by atoms with Gasteiger partial charge in [0.1, 0.15) is 0 Å². The molecule has 5 heteroatoms. The molecule has 0 aliphatic rings. The van der Waals surface area contributed by atoms with E-state index in [1.165, 1.54) is 0 Å². The number of rotatable bonds is 6. The van der Waals surface area contributed by atoms with E-state index in [0.29, 0.717) is 12.3 Å². The maximum absolute atomic E-state index is 11.7. The van der Waals surface area contributed by atoms with Crippen LogP contribution in [0.15, 0.2) is 18.2 Å². The molecule has 0 bridgehead atoms. The molecule has 100 valence electrons. The first-order valence-electron chi connectivity index (χ1n) is 5.97. The second kappa shape index (κ2) is 7.41. The van der Waals surface area contributed by atoms with Crippen LogP contribution in [0.2, 0.25) is 0 Å². The Hall–Kier alpha value is -1.04. The van der Waals surface area contributed by atoms with Crippen LogP contribution in [0.3, 0.4) is 0 Å². The normalized spacial score (nSPS) is 12.2. The number of nitrogens with two attached hydrogens (primary N) is 1. The molecule has 0 aliphatic heterocycles. The van der Waals surface area contributed by atoms with E-state index in [-0.39, 0.29) is 18.5 Å². The van der Waals surface area contributed by atoms with Gasteiger partial charge in [-0.25, -0.2) is 0 Å². The molecule has 0 saturated heterocycles. The number of anilines is 1. The molecule has 4 nitrogen and oxygen atoms in total. The molecule has 1 aromatic rings. The second-order valence-corrected chi connectivity index (χ2v) is 4.73. The minimum atomic E-state index is -0.0601. The van der Waals surface area contributed by atoms with Crippen LogP contribution in [0, 0.1) is 13.8 Å². The molecule has 0 saturated carbocycles. The molecule has 1 rings (SSSR count). The minimum Gasteiger partial charge on any atom is -0.326 e. The SMILES string of the molecule is Cc1cccc(NC(=O)CNC[C@@H](N)CS)c1C. The number of hydrogen-bond acceptors (Lipinski definition) is 4. The summed E-state index contributed by atoms with van der Waals surface area (Å²) in [4.78, 5) is 11.7. The van der Waals surface area contributed by atoms with Gasteiger partial charge in [0.25, 0.3) is 0 Å². The number of benzene rings is 1. The molecular formula is C13H21N3OS. The smallest absolute Gasteiger partial charge is 0.238 e. The molecule has 0 aliphatic carbocycles. The lowest BCUT2D eigenvalue weighted by Crippen LogP contribution is -2.38. The third kappa shape index (κ3) is 4.68. The van der Waals surface area contributed by atoms with Gasteiger partial charge in [-0.05, 0) is 31.0 Å². The Morgan fingerprint density at radius 1 is 1.44 bits per heavy atom. The van der Waals surface area contributed by atoms with E-state index < -0.39 is 0 Å². The molecular weight excluding hydrogens is 246 g/mol. The Bertz CT molecular complexity index is 409. The van der Waals surface area contributed by atoms with Crippen LogP contribution < -0.4 is 16.4 Å². The van der Waals surface area contributed by atoms with Crippen LogP contribution >= 0.6 is 12.6 Å². The average molecular weight is 267 g/mol. The first-order valence-corrected chi connectivity index (χ1v) is 6.61. The lowest BCUT2D eigenvalue weighted by Gasteiger charge is -2.12. The first-order chi connectivity index (χ1) is 8.54. The van der Waals surface area contributed by atoms with Gasteiger partial charge in [0, 0.05) is 24.0 Å². The summed E-state index contributed by atoms with van der Waals surface area (Å²) >= 11 is 4.08. The van der Waals surface area contributed by atoms with Crippen LogP contribution in [0.4, 0.5) is 5.69 Å². The Balaban J connectivity index is 2.43. The van der Waals surface area contributed by atoms with Crippen molar-refractivity contribution in [3.05, 3.63) is 29.3 Å². The molecule has 0 radical (unpaired) electrons. The number of aryl methyl sites for hydroxylation is 1. The van der Waals surface area contributed by atoms with E-state index in [2.05, 4.69) is 23.3 Å². The molecule has 4 N–H and O–H groups in total. The van der Waals surface area contributed by atoms with Crippen molar-refractivity contribution < 1.29 is 4.79 Å². The van der Waals surface area contributed by atoms with Crippen LogP contribution in [-0.4, -0.2) is 30.8 Å². The monoisotopic (exact) mass is 267 g/mol. The standard InChI is InChI=1S/C13H21N3OS/c1-9-4-3-5-12(10(9)2)16-13(17)7-15-6-11(14)8-18/h3-5,11,15,18H,6-8,14H2,1-2H3,(H,16,17)/t11-/m1/s1. The van der Waals surface area contributed by atoms with Gasteiger partial charge in [-0.1, -0.05) is 12.1 Å². The van der Waals surface area contributed by atoms with E-state index in [9.17, 15) is 4.79 Å². The summed E-state index contributed by atoms with van der Waals surface area (Å²) in [6.45, 7) is 4.86. The molecule has 1 aromatic carbocycles. The molecule has 1 atom stereocenters. The zero-order valence-corrected chi connectivity index (χ0v) is 11.8. The zero-order chi connectivity index (χ0) is 13.5. The molecule has 0 spiro atoms. The fourth-order valence-electron chi connectivity index (χ4n) is 1.52. The topological polar surface area (TPSA) is 67.2 Å². The van der Waals surface area contributed by atoms with E-state index in [0.717, 1.165) is 16.8 Å². The van der Waals surface area contributed by atoms with Crippen molar-refractivity contribution in [1.29, 1.82) is 0 Å². The van der Waals surface area contributed by atoms with E-state index >= 15 is 0 Å². The summed E-state index contributed by atoms with van der Waals surface area (Å²) in [5.41, 5.74) is 8.81. The van der Waals surface area contributed by atoms with Crippen molar-refractivity contribution in [3.63, 3.8) is 0 Å². The Labute approximate surface area is 114 Å². The molecule has 1 amide bonds. The molecule has 0 heterocycles. The fraction of sp³-hybridized carbons (Fsp3) is 0.462. The molecule has 0 unspecified atom stereocenters. The molecule has 0 fully saturated rings. The predicted molar refractivity (Wildman–Crippen MR) is 79.2 cm³/mol. The van der Waals surface area contributed by atoms with Crippen LogP contribution in [0.25, 0.3) is 0 Å². The molecule has 18 heavy (non-hydrogen) atoms. The van der Waals surface area contributed by atoms with Crippen molar-refractivity contribution in [2.75, 3.05) is 24.2 Å². The van der Waals surface area contributed by atoms with Crippen molar-refractivity contribution in [3.8, 4) is 0 Å². The van der Waals surface area contributed by atoms with E-state index in [1.54, 1.807) is 0 Å². The van der Waals surface area contributed by atoms with Gasteiger partial charge in [0.15, 0.2) is 0 Å². The Morgan fingerprint density at radius 2 is 2.17 bits per heavy atom. The summed E-state index contributed by atoms with van der Waals surface area (Å²) in [6.07, 6.45) is 0. The average Bonchev–Trinajstić information content (AvgIpc) is 2.34. The van der Waals surface area contributed by atoms with Crippen molar-refractivity contribution in [2.45, 2.75) is 19.9 Å². The Morgan fingerprint density at radius 3 is 2.83 bits per heavy atom. The van der Waals surface area contributed by atoms with Gasteiger partial charge in [-0.3, -0.25) is 4.79 Å². The third-order valence-corrected chi connectivity index (χ3v) is 3.27. The second-order valence-electron chi connectivity index (χ2n) is 4.37. The van der Waals surface area contributed by atoms with E-state index in [4.69, 9.17) is 5.73 Å². The van der Waals surface area contributed by atoms with Crippen molar-refractivity contribution >= 4 is 24.2 Å². The zero-order valence-electron chi connectivity index (χ0n) is 10.9. The number of carbonyl (C=O) groups is 1. The lowest BCUT2D eigenvalue weighted by molar-refractivity contribution is -0.115. The highest BCUT2D eigenvalue weighted by Crippen LogP contribution is 2.17. The highest BCUT2D eigenvalue weighted by atomic mass is 32.1. The summed E-state index contributed by atoms with van der Waals surface area (Å²) in [6, 6.07) is 5.83. The summed E-state index contributed by atoms with van der Waals surface area (Å²) < 4.78 is 0. The fourth-order valence-corrected chi connectivity index (χ4v) is 1.65.